The van der Waals surface area contributed by atoms with E-state index in [4.69, 9.17) is 14.5 Å². The Hall–Kier alpha value is -2.74. The van der Waals surface area contributed by atoms with Crippen molar-refractivity contribution in [3.63, 3.8) is 0 Å². The van der Waals surface area contributed by atoms with Crippen LogP contribution in [0.25, 0.3) is 11.4 Å². The Labute approximate surface area is 256 Å². The van der Waals surface area contributed by atoms with Gasteiger partial charge in [0, 0.05) is 37.4 Å². The second-order valence-corrected chi connectivity index (χ2v) is 9.66. The quantitative estimate of drug-likeness (QED) is 0.231. The summed E-state index contributed by atoms with van der Waals surface area (Å²) < 4.78 is 10.8. The largest absolute Gasteiger partial charge is 0.497 e. The number of halogens is 3. The highest BCUT2D eigenvalue weighted by atomic mass is 35.5. The van der Waals surface area contributed by atoms with Gasteiger partial charge in [-0.3, -0.25) is 9.80 Å². The summed E-state index contributed by atoms with van der Waals surface area (Å²) in [5, 5.41) is 0. The summed E-state index contributed by atoms with van der Waals surface area (Å²) in [6.45, 7) is 8.32. The molecule has 3 aromatic carbocycles. The number of hydrogen-bond acceptors (Lipinski definition) is 5. The molecule has 0 bridgehead atoms. The van der Waals surface area contributed by atoms with Gasteiger partial charge in [-0.1, -0.05) is 54.6 Å². The molecular formula is C31H39Cl3N4O2. The Morgan fingerprint density at radius 3 is 1.65 bits per heavy atom. The minimum atomic E-state index is 0. The van der Waals surface area contributed by atoms with Crippen LogP contribution >= 0.6 is 37.2 Å². The van der Waals surface area contributed by atoms with E-state index in [2.05, 4.69) is 101 Å². The van der Waals surface area contributed by atoms with Crippen LogP contribution in [0.3, 0.4) is 0 Å². The van der Waals surface area contributed by atoms with Crippen molar-refractivity contribution in [3.05, 3.63) is 101 Å². The summed E-state index contributed by atoms with van der Waals surface area (Å²) in [6.07, 6.45) is 0. The van der Waals surface area contributed by atoms with Gasteiger partial charge in [0.15, 0.2) is 0 Å². The summed E-state index contributed by atoms with van der Waals surface area (Å²) in [5.41, 5.74) is 5.93. The lowest BCUT2D eigenvalue weighted by atomic mass is 9.96. The lowest BCUT2D eigenvalue weighted by Crippen LogP contribution is -2.48. The minimum absolute atomic E-state index is 0. The molecule has 1 saturated heterocycles. The van der Waals surface area contributed by atoms with Crippen LogP contribution in [0.15, 0.2) is 78.9 Å². The van der Waals surface area contributed by atoms with Crippen LogP contribution < -0.4 is 9.47 Å². The molecule has 1 aliphatic rings. The Kier molecular flexibility index (Phi) is 12.8. The van der Waals surface area contributed by atoms with Gasteiger partial charge in [0.25, 0.3) is 0 Å². The van der Waals surface area contributed by atoms with Crippen molar-refractivity contribution < 1.29 is 9.47 Å². The predicted octanol–water partition coefficient (Wildman–Crippen LogP) is 7.14. The van der Waals surface area contributed by atoms with Gasteiger partial charge in [0.2, 0.25) is 0 Å². The van der Waals surface area contributed by atoms with Crippen molar-refractivity contribution in [3.8, 4) is 22.9 Å². The van der Waals surface area contributed by atoms with Crippen molar-refractivity contribution in [1.82, 2.24) is 19.8 Å². The Bertz CT molecular complexity index is 1250. The molecule has 40 heavy (non-hydrogen) atoms. The number of nitrogens with zero attached hydrogens (tertiary/aromatic N) is 3. The van der Waals surface area contributed by atoms with Gasteiger partial charge in [0.05, 0.1) is 32.0 Å². The summed E-state index contributed by atoms with van der Waals surface area (Å²) in [4.78, 5) is 13.6. The molecule has 0 aliphatic carbocycles. The van der Waals surface area contributed by atoms with E-state index in [1.54, 1.807) is 14.2 Å². The van der Waals surface area contributed by atoms with E-state index in [9.17, 15) is 0 Å². The molecule has 0 spiro atoms. The van der Waals surface area contributed by atoms with Crippen LogP contribution in [-0.4, -0.2) is 60.2 Å². The molecule has 1 atom stereocenters. The third-order valence-electron chi connectivity index (χ3n) is 7.49. The SMILES string of the molecule is COc1ccc(C(c2ccc(OC)cc2)N2CCN(C(C)c3nc(-c4ccccc4)[nH]c3C)CC2)cc1.Cl.Cl.Cl. The number of ether oxygens (including phenoxy) is 2. The maximum absolute atomic E-state index is 5.41. The smallest absolute Gasteiger partial charge is 0.137 e. The first-order valence-electron chi connectivity index (χ1n) is 13.0. The highest BCUT2D eigenvalue weighted by Crippen LogP contribution is 2.33. The number of nitrogens with one attached hydrogen (secondary N) is 1. The lowest BCUT2D eigenvalue weighted by molar-refractivity contribution is 0.0825. The molecule has 216 valence electrons. The zero-order chi connectivity index (χ0) is 25.8. The molecule has 0 saturated carbocycles. The van der Waals surface area contributed by atoms with Crippen molar-refractivity contribution >= 4 is 37.2 Å². The number of aromatic nitrogens is 2. The van der Waals surface area contributed by atoms with E-state index >= 15 is 0 Å². The molecule has 5 rings (SSSR count). The molecule has 4 aromatic rings. The van der Waals surface area contributed by atoms with Gasteiger partial charge in [-0.2, -0.15) is 0 Å². The number of hydrogen-bond donors (Lipinski definition) is 1. The summed E-state index contributed by atoms with van der Waals surface area (Å²) >= 11 is 0. The minimum Gasteiger partial charge on any atom is -0.497 e. The molecule has 9 heteroatoms. The van der Waals surface area contributed by atoms with E-state index in [0.29, 0.717) is 0 Å². The maximum atomic E-state index is 5.41. The van der Waals surface area contributed by atoms with Crippen LogP contribution in [0.1, 0.15) is 41.5 Å². The maximum Gasteiger partial charge on any atom is 0.137 e. The summed E-state index contributed by atoms with van der Waals surface area (Å²) in [5.74, 6) is 2.69. The standard InChI is InChI=1S/C31H36N4O2.3ClH/c1-22-29(33-31(32-22)26-8-6-5-7-9-26)23(2)34-18-20-35(21-19-34)30(24-10-14-27(36-3)15-11-24)25-12-16-28(37-4)17-13-25;;;/h5-17,23,30H,18-21H2,1-4H3,(H,32,33);3*1H. The lowest BCUT2D eigenvalue weighted by Gasteiger charge is -2.41. The number of methoxy groups -OCH3 is 2. The van der Waals surface area contributed by atoms with E-state index in [1.165, 1.54) is 11.1 Å². The van der Waals surface area contributed by atoms with E-state index in [1.807, 2.05) is 6.07 Å². The van der Waals surface area contributed by atoms with Gasteiger partial charge in [-0.15, -0.1) is 37.2 Å². The van der Waals surface area contributed by atoms with Gasteiger partial charge in [-0.25, -0.2) is 4.98 Å². The topological polar surface area (TPSA) is 53.6 Å². The number of H-pyrrole nitrogens is 1. The van der Waals surface area contributed by atoms with Gasteiger partial charge >= 0.3 is 0 Å². The van der Waals surface area contributed by atoms with Crippen molar-refractivity contribution in [2.75, 3.05) is 40.4 Å². The number of rotatable bonds is 8. The summed E-state index contributed by atoms with van der Waals surface area (Å²) in [7, 11) is 3.42. The molecule has 2 heterocycles. The fraction of sp³-hybridized carbons (Fsp3) is 0.323. The van der Waals surface area contributed by atoms with Crippen LogP contribution in [0, 0.1) is 6.92 Å². The average molecular weight is 606 g/mol. The number of benzene rings is 3. The molecule has 0 amide bonds. The Morgan fingerprint density at radius 1 is 0.700 bits per heavy atom. The first-order valence-corrected chi connectivity index (χ1v) is 13.0. The van der Waals surface area contributed by atoms with E-state index in [0.717, 1.165) is 60.5 Å². The van der Waals surface area contributed by atoms with Gasteiger partial charge < -0.3 is 14.5 Å². The average Bonchev–Trinajstić information content (AvgIpc) is 3.36. The monoisotopic (exact) mass is 604 g/mol. The number of piperazine rings is 1. The van der Waals surface area contributed by atoms with Crippen molar-refractivity contribution in [1.29, 1.82) is 0 Å². The first-order chi connectivity index (χ1) is 18.1. The number of imidazole rings is 1. The fourth-order valence-corrected chi connectivity index (χ4v) is 5.36. The molecule has 0 radical (unpaired) electrons. The third kappa shape index (κ3) is 7.31. The molecule has 1 aromatic heterocycles. The van der Waals surface area contributed by atoms with Crippen LogP contribution in [0.5, 0.6) is 11.5 Å². The number of aryl methyl sites for hydroxylation is 1. The highest BCUT2D eigenvalue weighted by molar-refractivity contribution is 5.86. The first kappa shape index (κ1) is 33.5. The molecule has 1 aliphatic heterocycles. The zero-order valence-corrected chi connectivity index (χ0v) is 25.8. The second-order valence-electron chi connectivity index (χ2n) is 9.66. The fourth-order valence-electron chi connectivity index (χ4n) is 5.36. The van der Waals surface area contributed by atoms with Crippen LogP contribution in [-0.2, 0) is 0 Å². The second kappa shape index (κ2) is 15.3. The third-order valence-corrected chi connectivity index (χ3v) is 7.49. The van der Waals surface area contributed by atoms with Crippen LogP contribution in [0.4, 0.5) is 0 Å². The summed E-state index contributed by atoms with van der Waals surface area (Å²) in [6, 6.07) is 27.7. The molecule has 1 N–H and O–H groups in total. The van der Waals surface area contributed by atoms with Gasteiger partial charge in [0.1, 0.15) is 17.3 Å². The van der Waals surface area contributed by atoms with Gasteiger partial charge in [-0.05, 0) is 49.2 Å². The van der Waals surface area contributed by atoms with Crippen LogP contribution in [0.2, 0.25) is 0 Å². The predicted molar refractivity (Wildman–Crippen MR) is 170 cm³/mol. The van der Waals surface area contributed by atoms with Crippen molar-refractivity contribution in [2.45, 2.75) is 25.9 Å². The normalized spacial score (nSPS) is 14.4. The van der Waals surface area contributed by atoms with Crippen molar-refractivity contribution in [2.24, 2.45) is 0 Å². The number of aromatic amines is 1. The highest BCUT2D eigenvalue weighted by Gasteiger charge is 2.30. The molecule has 6 nitrogen and oxygen atoms in total. The Balaban J connectivity index is 0.00000187. The van der Waals surface area contributed by atoms with E-state index in [-0.39, 0.29) is 49.3 Å². The zero-order valence-electron chi connectivity index (χ0n) is 23.4. The molecule has 1 fully saturated rings. The Morgan fingerprint density at radius 2 is 1.18 bits per heavy atom. The molecule has 1 unspecified atom stereocenters. The molecular weight excluding hydrogens is 567 g/mol. The van der Waals surface area contributed by atoms with E-state index < -0.39 is 0 Å².